The first-order chi connectivity index (χ1) is 13.1. The van der Waals surface area contributed by atoms with Crippen LogP contribution in [0.15, 0.2) is 31.2 Å². The van der Waals surface area contributed by atoms with Gasteiger partial charge in [-0.15, -0.1) is 0 Å². The lowest BCUT2D eigenvalue weighted by molar-refractivity contribution is -0.129. The fraction of sp³-hybridized carbons (Fsp3) is 0.550. The normalized spacial score (nSPS) is 22.1. The summed E-state index contributed by atoms with van der Waals surface area (Å²) in [5, 5.41) is 4.41. The molecule has 7 heteroatoms. The van der Waals surface area contributed by atoms with E-state index in [1.165, 1.54) is 18.9 Å². The number of amides is 1. The number of fused-ring (bicyclic) bond motifs is 1. The van der Waals surface area contributed by atoms with Crippen LogP contribution in [0, 0.1) is 5.92 Å². The van der Waals surface area contributed by atoms with Gasteiger partial charge < -0.3 is 19.9 Å². The highest BCUT2D eigenvalue weighted by molar-refractivity contribution is 5.88. The van der Waals surface area contributed by atoms with Gasteiger partial charge in [0.2, 0.25) is 5.91 Å². The molecule has 2 unspecified atom stereocenters. The van der Waals surface area contributed by atoms with Crippen LogP contribution in [0.1, 0.15) is 32.6 Å². The van der Waals surface area contributed by atoms with Gasteiger partial charge in [-0.25, -0.2) is 9.97 Å². The average Bonchev–Trinajstić information content (AvgIpc) is 3.36. The first-order valence-electron chi connectivity index (χ1n) is 9.59. The van der Waals surface area contributed by atoms with Gasteiger partial charge in [-0.2, -0.15) is 0 Å². The quantitative estimate of drug-likeness (QED) is 0.790. The number of H-pyrrole nitrogens is 1. The number of aromatic nitrogens is 3. The lowest BCUT2D eigenvalue weighted by Crippen LogP contribution is -2.49. The highest BCUT2D eigenvalue weighted by Gasteiger charge is 2.28. The molecule has 4 rings (SSSR count). The number of ether oxygens (including phenoxy) is 1. The topological polar surface area (TPSA) is 83.1 Å². The van der Waals surface area contributed by atoms with Gasteiger partial charge in [0.1, 0.15) is 17.8 Å². The minimum atomic E-state index is -0.0107. The Bertz CT molecular complexity index is 771. The number of nitrogens with zero attached hydrogens (tertiary/aromatic N) is 3. The standard InChI is InChI=1S/C15H19N5O.C5H10O/c1-3-13(21)20-8-11(5-4-10(20)2)19-15-12-6-7-16-14(12)17-9-18-15;1-6-4-5-2-3-5/h3,6-7,9-11H,1,4-5,8H2,2H3,(H2,16,17,18,19);5H,2-4H2,1H3. The maximum atomic E-state index is 11.9. The van der Waals surface area contributed by atoms with Crippen LogP contribution >= 0.6 is 0 Å². The van der Waals surface area contributed by atoms with Gasteiger partial charge in [-0.3, -0.25) is 4.79 Å². The number of carbonyl (C=O) groups is 1. The Balaban J connectivity index is 0.000000299. The molecular formula is C20H29N5O2. The van der Waals surface area contributed by atoms with Crippen molar-refractivity contribution in [1.82, 2.24) is 19.9 Å². The van der Waals surface area contributed by atoms with Gasteiger partial charge in [0, 0.05) is 38.5 Å². The second-order valence-electron chi connectivity index (χ2n) is 7.32. The van der Waals surface area contributed by atoms with Crippen LogP contribution in [0.2, 0.25) is 0 Å². The number of piperidine rings is 1. The van der Waals surface area contributed by atoms with Crippen molar-refractivity contribution in [3.63, 3.8) is 0 Å². The van der Waals surface area contributed by atoms with Gasteiger partial charge in [0.05, 0.1) is 5.39 Å². The molecule has 2 aromatic rings. The number of hydrogen-bond donors (Lipinski definition) is 2. The molecule has 0 bridgehead atoms. The van der Waals surface area contributed by atoms with Crippen LogP contribution in [0.25, 0.3) is 11.0 Å². The van der Waals surface area contributed by atoms with E-state index in [1.54, 1.807) is 13.4 Å². The minimum Gasteiger partial charge on any atom is -0.384 e. The van der Waals surface area contributed by atoms with Crippen molar-refractivity contribution in [3.05, 3.63) is 31.2 Å². The predicted octanol–water partition coefficient (Wildman–Crippen LogP) is 2.98. The van der Waals surface area contributed by atoms with Gasteiger partial charge in [-0.05, 0) is 50.7 Å². The fourth-order valence-corrected chi connectivity index (χ4v) is 3.35. The number of methoxy groups -OCH3 is 1. The fourth-order valence-electron chi connectivity index (χ4n) is 3.35. The Kier molecular flexibility index (Phi) is 6.45. The third kappa shape index (κ3) is 5.07. The van der Waals surface area contributed by atoms with Crippen molar-refractivity contribution in [2.24, 2.45) is 5.92 Å². The second-order valence-corrected chi connectivity index (χ2v) is 7.32. The summed E-state index contributed by atoms with van der Waals surface area (Å²) in [4.78, 5) is 25.3. The Hall–Kier alpha value is -2.41. The molecule has 2 fully saturated rings. The molecule has 3 heterocycles. The minimum absolute atomic E-state index is 0.0107. The van der Waals surface area contributed by atoms with Crippen LogP contribution < -0.4 is 5.32 Å². The number of aromatic amines is 1. The molecular weight excluding hydrogens is 342 g/mol. The molecule has 0 radical (unpaired) electrons. The van der Waals surface area contributed by atoms with Gasteiger partial charge in [0.15, 0.2) is 0 Å². The van der Waals surface area contributed by atoms with Crippen LogP contribution in [0.4, 0.5) is 5.82 Å². The first-order valence-corrected chi connectivity index (χ1v) is 9.59. The number of carbonyl (C=O) groups excluding carboxylic acids is 1. The van der Waals surface area contributed by atoms with E-state index < -0.39 is 0 Å². The third-order valence-corrected chi connectivity index (χ3v) is 5.13. The highest BCUT2D eigenvalue weighted by atomic mass is 16.5. The lowest BCUT2D eigenvalue weighted by Gasteiger charge is -2.38. The van der Waals surface area contributed by atoms with Crippen molar-refractivity contribution in [1.29, 1.82) is 0 Å². The Morgan fingerprint density at radius 1 is 1.41 bits per heavy atom. The Morgan fingerprint density at radius 3 is 2.89 bits per heavy atom. The van der Waals surface area contributed by atoms with E-state index in [2.05, 4.69) is 33.8 Å². The molecule has 27 heavy (non-hydrogen) atoms. The third-order valence-electron chi connectivity index (χ3n) is 5.13. The maximum absolute atomic E-state index is 11.9. The summed E-state index contributed by atoms with van der Waals surface area (Å²) in [6, 6.07) is 2.40. The summed E-state index contributed by atoms with van der Waals surface area (Å²) in [5.41, 5.74) is 0.815. The first kappa shape index (κ1) is 19.4. The zero-order chi connectivity index (χ0) is 19.2. The van der Waals surface area contributed by atoms with Crippen LogP contribution in [0.3, 0.4) is 0 Å². The zero-order valence-electron chi connectivity index (χ0n) is 16.1. The molecule has 2 aliphatic rings. The van der Waals surface area contributed by atoms with E-state index >= 15 is 0 Å². The molecule has 1 amide bonds. The smallest absolute Gasteiger partial charge is 0.246 e. The molecule has 2 aromatic heterocycles. The van der Waals surface area contributed by atoms with E-state index in [0.29, 0.717) is 6.54 Å². The summed E-state index contributed by atoms with van der Waals surface area (Å²) in [5.74, 6) is 1.73. The number of likely N-dealkylation sites (tertiary alicyclic amines) is 1. The molecule has 1 aliphatic heterocycles. The summed E-state index contributed by atoms with van der Waals surface area (Å²) in [7, 11) is 1.76. The maximum Gasteiger partial charge on any atom is 0.246 e. The number of nitrogens with one attached hydrogen (secondary N) is 2. The average molecular weight is 371 g/mol. The molecule has 7 nitrogen and oxygen atoms in total. The van der Waals surface area contributed by atoms with E-state index in [1.807, 2.05) is 17.2 Å². The van der Waals surface area contributed by atoms with Gasteiger partial charge >= 0.3 is 0 Å². The SMILES string of the molecule is C=CC(=O)N1CC(Nc2ncnc3[nH]ccc23)CCC1C.COCC1CC1. The van der Waals surface area contributed by atoms with Gasteiger partial charge in [-0.1, -0.05) is 6.58 Å². The molecule has 146 valence electrons. The summed E-state index contributed by atoms with van der Waals surface area (Å²) in [6.45, 7) is 7.31. The number of anilines is 1. The molecule has 2 atom stereocenters. The van der Waals surface area contributed by atoms with Gasteiger partial charge in [0.25, 0.3) is 0 Å². The Morgan fingerprint density at radius 2 is 2.22 bits per heavy atom. The van der Waals surface area contributed by atoms with Crippen molar-refractivity contribution in [2.75, 3.05) is 25.6 Å². The van der Waals surface area contributed by atoms with E-state index in [0.717, 1.165) is 42.2 Å². The van der Waals surface area contributed by atoms with E-state index in [9.17, 15) is 4.79 Å². The predicted molar refractivity (Wildman–Crippen MR) is 107 cm³/mol. The van der Waals surface area contributed by atoms with E-state index in [4.69, 9.17) is 4.74 Å². The van der Waals surface area contributed by atoms with Crippen molar-refractivity contribution in [3.8, 4) is 0 Å². The monoisotopic (exact) mass is 371 g/mol. The molecule has 1 saturated heterocycles. The molecule has 1 saturated carbocycles. The number of hydrogen-bond acceptors (Lipinski definition) is 5. The van der Waals surface area contributed by atoms with Crippen molar-refractivity contribution < 1.29 is 9.53 Å². The van der Waals surface area contributed by atoms with E-state index in [-0.39, 0.29) is 18.0 Å². The van der Waals surface area contributed by atoms with Crippen LogP contribution in [-0.2, 0) is 9.53 Å². The highest BCUT2D eigenvalue weighted by Crippen LogP contribution is 2.28. The number of rotatable bonds is 5. The Labute approximate surface area is 160 Å². The zero-order valence-corrected chi connectivity index (χ0v) is 16.1. The van der Waals surface area contributed by atoms with Crippen LogP contribution in [0.5, 0.6) is 0 Å². The summed E-state index contributed by atoms with van der Waals surface area (Å²) >= 11 is 0. The second kappa shape index (κ2) is 8.99. The molecule has 0 spiro atoms. The molecule has 2 N–H and O–H groups in total. The van der Waals surface area contributed by atoms with Crippen molar-refractivity contribution >= 4 is 22.8 Å². The molecule has 0 aromatic carbocycles. The van der Waals surface area contributed by atoms with Crippen LogP contribution in [-0.4, -0.2) is 58.1 Å². The van der Waals surface area contributed by atoms with Crippen molar-refractivity contribution in [2.45, 2.75) is 44.7 Å². The summed E-state index contributed by atoms with van der Waals surface area (Å²) in [6.07, 6.45) is 9.55. The molecule has 1 aliphatic carbocycles. The largest absolute Gasteiger partial charge is 0.384 e. The lowest BCUT2D eigenvalue weighted by atomic mass is 9.99. The summed E-state index contributed by atoms with van der Waals surface area (Å²) < 4.78 is 4.87.